The third-order valence-electron chi connectivity index (χ3n) is 8.33. The van der Waals surface area contributed by atoms with Crippen molar-refractivity contribution >= 4 is 28.7 Å². The van der Waals surface area contributed by atoms with E-state index in [0.29, 0.717) is 25.4 Å². The van der Waals surface area contributed by atoms with E-state index in [2.05, 4.69) is 71.4 Å². The van der Waals surface area contributed by atoms with Crippen molar-refractivity contribution in [3.8, 4) is 0 Å². The van der Waals surface area contributed by atoms with Crippen molar-refractivity contribution in [1.29, 1.82) is 0 Å². The Kier molecular flexibility index (Phi) is 9.52. The quantitative estimate of drug-likeness (QED) is 0.193. The molecule has 230 valence electrons. The Balaban J connectivity index is 1.47. The number of benzene rings is 3. The van der Waals surface area contributed by atoms with E-state index in [1.165, 1.54) is 5.56 Å². The smallest absolute Gasteiger partial charge is 0.410 e. The fourth-order valence-corrected chi connectivity index (χ4v) is 6.17. The van der Waals surface area contributed by atoms with Crippen LogP contribution in [-0.2, 0) is 9.47 Å². The molecule has 0 aliphatic carbocycles. The summed E-state index contributed by atoms with van der Waals surface area (Å²) in [5, 5.41) is 2.28. The van der Waals surface area contributed by atoms with E-state index in [0.717, 1.165) is 35.1 Å². The summed E-state index contributed by atoms with van der Waals surface area (Å²) < 4.78 is 11.2. The molecular weight excluding hydrogens is 550 g/mol. The van der Waals surface area contributed by atoms with E-state index >= 15 is 0 Å². The van der Waals surface area contributed by atoms with Gasteiger partial charge >= 0.3 is 12.1 Å². The van der Waals surface area contributed by atoms with Crippen molar-refractivity contribution < 1.29 is 19.1 Å². The molecule has 2 unspecified atom stereocenters. The van der Waals surface area contributed by atoms with E-state index in [1.807, 2.05) is 56.0 Å². The van der Waals surface area contributed by atoms with Crippen molar-refractivity contribution in [2.45, 2.75) is 58.6 Å². The zero-order valence-corrected chi connectivity index (χ0v) is 26.4. The van der Waals surface area contributed by atoms with Gasteiger partial charge < -0.3 is 19.3 Å². The first-order valence-corrected chi connectivity index (χ1v) is 15.6. The molecule has 1 fully saturated rings. The number of ether oxygens (including phenoxy) is 2. The van der Waals surface area contributed by atoms with E-state index in [9.17, 15) is 9.59 Å². The van der Waals surface area contributed by atoms with Crippen molar-refractivity contribution in [1.82, 2.24) is 9.88 Å². The maximum Gasteiger partial charge on any atom is 0.410 e. The summed E-state index contributed by atoms with van der Waals surface area (Å²) in [5.41, 5.74) is 2.00. The van der Waals surface area contributed by atoms with Crippen LogP contribution >= 0.6 is 0 Å². The van der Waals surface area contributed by atoms with E-state index in [4.69, 9.17) is 9.47 Å². The summed E-state index contributed by atoms with van der Waals surface area (Å²) in [4.78, 5) is 35.1. The molecule has 0 spiro atoms. The minimum Gasteiger partial charge on any atom is -0.461 e. The molecule has 0 saturated carbocycles. The summed E-state index contributed by atoms with van der Waals surface area (Å²) in [6.45, 7) is 11.9. The third-order valence-corrected chi connectivity index (χ3v) is 8.33. The van der Waals surface area contributed by atoms with Crippen LogP contribution in [0.3, 0.4) is 0 Å². The minimum atomic E-state index is -0.619. The lowest BCUT2D eigenvalue weighted by molar-refractivity contribution is 0.0121. The van der Waals surface area contributed by atoms with Crippen LogP contribution in [0.1, 0.15) is 74.6 Å². The first-order chi connectivity index (χ1) is 21.1. The molecule has 1 aliphatic rings. The zero-order chi connectivity index (χ0) is 31.3. The monoisotopic (exact) mass is 593 g/mol. The number of piperidine rings is 1. The Morgan fingerprint density at radius 3 is 2.41 bits per heavy atom. The molecule has 4 aromatic rings. The maximum atomic E-state index is 13.9. The highest BCUT2D eigenvalue weighted by Gasteiger charge is 2.36. The number of esters is 1. The average molecular weight is 594 g/mol. The lowest BCUT2D eigenvalue weighted by Crippen LogP contribution is -2.47. The van der Waals surface area contributed by atoms with Gasteiger partial charge in [0.2, 0.25) is 0 Å². The van der Waals surface area contributed by atoms with E-state index in [1.54, 1.807) is 13.0 Å². The van der Waals surface area contributed by atoms with E-state index in [-0.39, 0.29) is 24.0 Å². The second kappa shape index (κ2) is 13.5. The fraction of sp³-hybridized carbons (Fsp3) is 0.378. The van der Waals surface area contributed by atoms with Gasteiger partial charge in [-0.05, 0) is 81.0 Å². The van der Waals surface area contributed by atoms with Crippen LogP contribution in [-0.4, -0.2) is 53.8 Å². The minimum absolute atomic E-state index is 0.127. The van der Waals surface area contributed by atoms with Crippen molar-refractivity contribution in [2.75, 3.05) is 31.1 Å². The highest BCUT2D eigenvalue weighted by atomic mass is 16.6. The Hall–Kier alpha value is -4.39. The molecule has 3 atom stereocenters. The topological polar surface area (TPSA) is 72.0 Å². The SMILES string of the molecule is CCOC(=O)c1cccc(N2CCC(CN(C(=O)OC(C)(C)C)[C@H](C)c3cccc4ccccc34)C(c3ccccc3)C2)n1. The molecular formula is C37H43N3O4. The number of amides is 1. The molecule has 44 heavy (non-hydrogen) atoms. The van der Waals surface area contributed by atoms with Gasteiger partial charge in [0.15, 0.2) is 5.69 Å². The molecule has 1 aromatic heterocycles. The zero-order valence-electron chi connectivity index (χ0n) is 26.4. The fourth-order valence-electron chi connectivity index (χ4n) is 6.17. The van der Waals surface area contributed by atoms with Crippen LogP contribution in [0.2, 0.25) is 0 Å². The van der Waals surface area contributed by atoms with Crippen LogP contribution in [0.15, 0.2) is 91.0 Å². The van der Waals surface area contributed by atoms with E-state index < -0.39 is 11.6 Å². The van der Waals surface area contributed by atoms with Crippen LogP contribution in [0.5, 0.6) is 0 Å². The summed E-state index contributed by atoms with van der Waals surface area (Å²) in [7, 11) is 0. The van der Waals surface area contributed by atoms with Crippen molar-refractivity contribution in [3.05, 3.63) is 108 Å². The Morgan fingerprint density at radius 1 is 0.955 bits per heavy atom. The van der Waals surface area contributed by atoms with Gasteiger partial charge in [0.25, 0.3) is 0 Å². The molecule has 1 amide bonds. The largest absolute Gasteiger partial charge is 0.461 e. The van der Waals surface area contributed by atoms with Crippen LogP contribution in [0.4, 0.5) is 10.6 Å². The summed E-state index contributed by atoms with van der Waals surface area (Å²) in [6, 6.07) is 30.4. The van der Waals surface area contributed by atoms with Crippen LogP contribution in [0, 0.1) is 5.92 Å². The first-order valence-electron chi connectivity index (χ1n) is 15.6. The molecule has 7 heteroatoms. The van der Waals surface area contributed by atoms with Gasteiger partial charge in [-0.15, -0.1) is 0 Å². The van der Waals surface area contributed by atoms with Gasteiger partial charge in [0.1, 0.15) is 11.4 Å². The molecule has 2 heterocycles. The second-order valence-corrected chi connectivity index (χ2v) is 12.5. The Morgan fingerprint density at radius 2 is 1.66 bits per heavy atom. The standard InChI is InChI=1S/C37H43N3O4/c1-6-43-35(41)33-20-13-21-34(38-33)39-23-22-29(32(25-39)28-14-8-7-9-15-28)24-40(36(42)44-37(3,4)5)26(2)30-19-12-17-27-16-10-11-18-31(27)30/h7-21,26,29,32H,6,22-25H2,1-5H3/t26-,29?,32?/m1/s1. The molecule has 3 aromatic carbocycles. The number of carbonyl (C=O) groups is 2. The number of aromatic nitrogens is 1. The van der Waals surface area contributed by atoms with Crippen LogP contribution < -0.4 is 4.90 Å². The molecule has 5 rings (SSSR count). The number of pyridine rings is 1. The number of nitrogens with zero attached hydrogens (tertiary/aromatic N) is 3. The second-order valence-electron chi connectivity index (χ2n) is 12.5. The molecule has 1 saturated heterocycles. The van der Waals surface area contributed by atoms with Gasteiger partial charge in [-0.2, -0.15) is 0 Å². The number of anilines is 1. The summed E-state index contributed by atoms with van der Waals surface area (Å²) in [6.07, 6.45) is 0.530. The van der Waals surface area contributed by atoms with Gasteiger partial charge in [-0.3, -0.25) is 0 Å². The number of carbonyl (C=O) groups excluding carboxylic acids is 2. The Bertz CT molecular complexity index is 1580. The van der Waals surface area contributed by atoms with Crippen LogP contribution in [0.25, 0.3) is 10.8 Å². The van der Waals surface area contributed by atoms with Gasteiger partial charge in [-0.25, -0.2) is 14.6 Å². The first kappa shape index (κ1) is 31.0. The lowest BCUT2D eigenvalue weighted by atomic mass is 9.80. The van der Waals surface area contributed by atoms with Gasteiger partial charge in [0, 0.05) is 25.6 Å². The van der Waals surface area contributed by atoms with Crippen molar-refractivity contribution in [3.63, 3.8) is 0 Å². The van der Waals surface area contributed by atoms with Crippen molar-refractivity contribution in [2.24, 2.45) is 5.92 Å². The summed E-state index contributed by atoms with van der Waals surface area (Å²) in [5.74, 6) is 0.636. The third kappa shape index (κ3) is 7.21. The maximum absolute atomic E-state index is 13.9. The molecule has 0 radical (unpaired) electrons. The highest BCUT2D eigenvalue weighted by Crippen LogP contribution is 2.38. The number of hydrogen-bond acceptors (Lipinski definition) is 6. The number of hydrogen-bond donors (Lipinski definition) is 0. The molecule has 7 nitrogen and oxygen atoms in total. The number of fused-ring (bicyclic) bond motifs is 1. The molecule has 1 aliphatic heterocycles. The van der Waals surface area contributed by atoms with Gasteiger partial charge in [0.05, 0.1) is 12.6 Å². The Labute approximate surface area is 260 Å². The predicted octanol–water partition coefficient (Wildman–Crippen LogP) is 8.02. The lowest BCUT2D eigenvalue weighted by Gasteiger charge is -2.43. The normalized spacial score (nSPS) is 17.6. The summed E-state index contributed by atoms with van der Waals surface area (Å²) >= 11 is 0. The molecule has 0 N–H and O–H groups in total. The molecule has 0 bridgehead atoms. The highest BCUT2D eigenvalue weighted by molar-refractivity contribution is 5.88. The van der Waals surface area contributed by atoms with Gasteiger partial charge in [-0.1, -0.05) is 78.9 Å². The predicted molar refractivity (Wildman–Crippen MR) is 175 cm³/mol. The number of rotatable bonds is 8. The average Bonchev–Trinajstić information content (AvgIpc) is 3.03.